The maximum atomic E-state index is 13.0. The van der Waals surface area contributed by atoms with E-state index in [1.54, 1.807) is 43.5 Å². The normalized spacial score (nSPS) is 18.7. The van der Waals surface area contributed by atoms with Gasteiger partial charge in [0.15, 0.2) is 0 Å². The highest BCUT2D eigenvalue weighted by atomic mass is 32.2. The zero-order valence-corrected chi connectivity index (χ0v) is 17.6. The molecule has 1 saturated heterocycles. The molecule has 2 aromatic carbocycles. The van der Waals surface area contributed by atoms with E-state index in [2.05, 4.69) is 10.3 Å². The van der Waals surface area contributed by atoms with Gasteiger partial charge >= 0.3 is 0 Å². The van der Waals surface area contributed by atoms with E-state index in [4.69, 9.17) is 9.47 Å². The second kappa shape index (κ2) is 7.73. The Morgan fingerprint density at radius 2 is 1.47 bits per heavy atom. The number of hydrogen-bond donors (Lipinski definition) is 1. The third kappa shape index (κ3) is 3.66. The molecule has 0 unspecified atom stereocenters. The average molecular weight is 429 g/mol. The third-order valence-electron chi connectivity index (χ3n) is 5.50. The lowest BCUT2D eigenvalue weighted by molar-refractivity contribution is -0.115. The first-order valence-corrected chi connectivity index (χ1v) is 11.0. The minimum absolute atomic E-state index is 0.220. The maximum absolute atomic E-state index is 13.0. The van der Waals surface area contributed by atoms with Crippen LogP contribution in [0, 0.1) is 0 Å². The molecule has 1 spiro atoms. The predicted molar refractivity (Wildman–Crippen MR) is 111 cm³/mol. The van der Waals surface area contributed by atoms with Crippen LogP contribution < -0.4 is 14.8 Å². The molecule has 9 heteroatoms. The van der Waals surface area contributed by atoms with Crippen molar-refractivity contribution in [2.45, 2.75) is 23.4 Å². The SMILES string of the molecule is COc1ccc(C2=NC3(CCN(S(=O)(=O)c4ccc(OC)cc4)CC3)NC2=O)cc1. The lowest BCUT2D eigenvalue weighted by atomic mass is 10.00. The zero-order valence-electron chi connectivity index (χ0n) is 16.8. The zero-order chi connectivity index (χ0) is 21.4. The van der Waals surface area contributed by atoms with Crippen LogP contribution in [0.1, 0.15) is 18.4 Å². The third-order valence-corrected chi connectivity index (χ3v) is 7.41. The van der Waals surface area contributed by atoms with E-state index in [1.165, 1.54) is 23.5 Å². The molecule has 0 saturated carbocycles. The Morgan fingerprint density at radius 3 is 2.00 bits per heavy atom. The summed E-state index contributed by atoms with van der Waals surface area (Å²) in [6, 6.07) is 13.5. The van der Waals surface area contributed by atoms with Crippen LogP contribution in [0.2, 0.25) is 0 Å². The minimum atomic E-state index is -3.62. The van der Waals surface area contributed by atoms with Gasteiger partial charge in [-0.05, 0) is 48.5 Å². The summed E-state index contributed by atoms with van der Waals surface area (Å²) in [4.78, 5) is 17.4. The Bertz CT molecular complexity index is 1070. The molecule has 158 valence electrons. The summed E-state index contributed by atoms with van der Waals surface area (Å²) in [5, 5.41) is 2.96. The highest BCUT2D eigenvalue weighted by Gasteiger charge is 2.44. The van der Waals surface area contributed by atoms with E-state index in [1.807, 2.05) is 0 Å². The number of nitrogens with zero attached hydrogens (tertiary/aromatic N) is 2. The Kier molecular flexibility index (Phi) is 5.25. The van der Waals surface area contributed by atoms with Gasteiger partial charge in [0.05, 0.1) is 19.1 Å². The number of piperidine rings is 1. The minimum Gasteiger partial charge on any atom is -0.497 e. The number of nitrogens with one attached hydrogen (secondary N) is 1. The summed E-state index contributed by atoms with van der Waals surface area (Å²) >= 11 is 0. The molecule has 8 nitrogen and oxygen atoms in total. The van der Waals surface area contributed by atoms with E-state index >= 15 is 0 Å². The van der Waals surface area contributed by atoms with Crippen molar-refractivity contribution >= 4 is 21.6 Å². The van der Waals surface area contributed by atoms with Crippen molar-refractivity contribution in [2.75, 3.05) is 27.3 Å². The predicted octanol–water partition coefficient (Wildman–Crippen LogP) is 1.80. The summed E-state index contributed by atoms with van der Waals surface area (Å²) in [6.45, 7) is 0.544. The van der Waals surface area contributed by atoms with Gasteiger partial charge in [-0.3, -0.25) is 9.79 Å². The van der Waals surface area contributed by atoms with Crippen molar-refractivity contribution in [3.8, 4) is 11.5 Å². The summed E-state index contributed by atoms with van der Waals surface area (Å²) < 4.78 is 37.6. The molecule has 1 N–H and O–H groups in total. The number of methoxy groups -OCH3 is 2. The number of ether oxygens (including phenoxy) is 2. The Morgan fingerprint density at radius 1 is 0.933 bits per heavy atom. The monoisotopic (exact) mass is 429 g/mol. The molecule has 2 heterocycles. The molecule has 2 aromatic rings. The molecule has 2 aliphatic heterocycles. The lowest BCUT2D eigenvalue weighted by Gasteiger charge is -2.36. The molecule has 4 rings (SSSR count). The van der Waals surface area contributed by atoms with Crippen LogP contribution >= 0.6 is 0 Å². The smallest absolute Gasteiger partial charge is 0.272 e. The molecular weight excluding hydrogens is 406 g/mol. The first kappa shape index (κ1) is 20.4. The summed E-state index contributed by atoms with van der Waals surface area (Å²) in [6.07, 6.45) is 0.821. The fourth-order valence-electron chi connectivity index (χ4n) is 3.74. The molecule has 1 amide bonds. The van der Waals surface area contributed by atoms with E-state index in [9.17, 15) is 13.2 Å². The van der Waals surface area contributed by atoms with E-state index < -0.39 is 15.7 Å². The van der Waals surface area contributed by atoms with Crippen molar-refractivity contribution in [3.05, 3.63) is 54.1 Å². The molecule has 0 aliphatic carbocycles. The quantitative estimate of drug-likeness (QED) is 0.782. The van der Waals surface area contributed by atoms with Gasteiger partial charge in [-0.2, -0.15) is 4.31 Å². The van der Waals surface area contributed by atoms with E-state index in [0.717, 1.165) is 0 Å². The fourth-order valence-corrected chi connectivity index (χ4v) is 5.18. The number of carbonyl (C=O) groups is 1. The van der Waals surface area contributed by atoms with E-state index in [0.29, 0.717) is 35.6 Å². The first-order chi connectivity index (χ1) is 14.4. The van der Waals surface area contributed by atoms with Crippen LogP contribution in [0.4, 0.5) is 0 Å². The van der Waals surface area contributed by atoms with Crippen molar-refractivity contribution in [1.29, 1.82) is 0 Å². The highest BCUT2D eigenvalue weighted by molar-refractivity contribution is 7.89. The van der Waals surface area contributed by atoms with Crippen molar-refractivity contribution in [1.82, 2.24) is 9.62 Å². The molecule has 1 fully saturated rings. The summed E-state index contributed by atoms with van der Waals surface area (Å²) in [7, 11) is -0.505. The number of benzene rings is 2. The van der Waals surface area contributed by atoms with Gasteiger partial charge in [-0.15, -0.1) is 0 Å². The van der Waals surface area contributed by atoms with Gasteiger partial charge in [-0.25, -0.2) is 8.42 Å². The molecule has 30 heavy (non-hydrogen) atoms. The molecule has 2 aliphatic rings. The summed E-state index contributed by atoms with van der Waals surface area (Å²) in [5.41, 5.74) is 0.306. The van der Waals surface area contributed by atoms with Gasteiger partial charge < -0.3 is 14.8 Å². The Labute approximate surface area is 175 Å². The van der Waals surface area contributed by atoms with E-state index in [-0.39, 0.29) is 23.9 Å². The standard InChI is InChI=1S/C21H23N3O5S/c1-28-16-5-3-15(4-6-16)19-20(25)23-21(22-19)11-13-24(14-12-21)30(26,27)18-9-7-17(29-2)8-10-18/h3-10H,11-14H2,1-2H3,(H,23,25). The number of carbonyl (C=O) groups excluding carboxylic acids is 1. The van der Waals surface area contributed by atoms with Gasteiger partial charge in [0, 0.05) is 31.5 Å². The van der Waals surface area contributed by atoms with Crippen molar-refractivity contribution in [3.63, 3.8) is 0 Å². The molecule has 0 bridgehead atoms. The van der Waals surface area contributed by atoms with Crippen LogP contribution in [0.3, 0.4) is 0 Å². The van der Waals surface area contributed by atoms with Crippen LogP contribution in [0.25, 0.3) is 0 Å². The number of amides is 1. The average Bonchev–Trinajstić information content (AvgIpc) is 3.09. The Hall–Kier alpha value is -2.91. The van der Waals surface area contributed by atoms with Crippen LogP contribution in [-0.4, -0.2) is 57.3 Å². The topological polar surface area (TPSA) is 97.3 Å². The fraction of sp³-hybridized carbons (Fsp3) is 0.333. The van der Waals surface area contributed by atoms with Gasteiger partial charge in [0.1, 0.15) is 22.9 Å². The molecule has 0 atom stereocenters. The van der Waals surface area contributed by atoms with Gasteiger partial charge in [0.2, 0.25) is 10.0 Å². The molecule has 0 radical (unpaired) electrons. The Balaban J connectivity index is 1.50. The van der Waals surface area contributed by atoms with Crippen LogP contribution in [0.5, 0.6) is 11.5 Å². The van der Waals surface area contributed by atoms with Crippen molar-refractivity contribution in [2.24, 2.45) is 4.99 Å². The molecular formula is C21H23N3O5S. The largest absolute Gasteiger partial charge is 0.497 e. The van der Waals surface area contributed by atoms with Gasteiger partial charge in [-0.1, -0.05) is 0 Å². The highest BCUT2D eigenvalue weighted by Crippen LogP contribution is 2.32. The number of aliphatic imine (C=N–C) groups is 1. The summed E-state index contributed by atoms with van der Waals surface area (Å²) in [5.74, 6) is 1.05. The first-order valence-electron chi connectivity index (χ1n) is 9.58. The molecule has 0 aromatic heterocycles. The number of hydrogen-bond acceptors (Lipinski definition) is 6. The second-order valence-electron chi connectivity index (χ2n) is 7.25. The lowest BCUT2D eigenvalue weighted by Crippen LogP contribution is -2.52. The van der Waals surface area contributed by atoms with Gasteiger partial charge in [0.25, 0.3) is 5.91 Å². The van der Waals surface area contributed by atoms with Crippen LogP contribution in [0.15, 0.2) is 58.4 Å². The van der Waals surface area contributed by atoms with Crippen molar-refractivity contribution < 1.29 is 22.7 Å². The number of rotatable bonds is 5. The second-order valence-corrected chi connectivity index (χ2v) is 9.19. The van der Waals surface area contributed by atoms with Crippen LogP contribution in [-0.2, 0) is 14.8 Å². The number of sulfonamides is 1. The maximum Gasteiger partial charge on any atom is 0.272 e.